The fraction of sp³-hybridized carbons (Fsp3) is 0.250. The van der Waals surface area contributed by atoms with Crippen molar-refractivity contribution in [3.63, 3.8) is 0 Å². The Hall–Kier alpha value is -3.53. The van der Waals surface area contributed by atoms with Crippen molar-refractivity contribution >= 4 is 16.8 Å². The molecule has 166 valence electrons. The molecule has 1 atom stereocenters. The van der Waals surface area contributed by atoms with Crippen LogP contribution in [0.4, 0.5) is 0 Å². The highest BCUT2D eigenvalue weighted by molar-refractivity contribution is 5.91. The van der Waals surface area contributed by atoms with Crippen LogP contribution in [0.15, 0.2) is 85.0 Å². The second-order valence-corrected chi connectivity index (χ2v) is 8.08. The molecule has 32 heavy (non-hydrogen) atoms. The first-order chi connectivity index (χ1) is 15.4. The average Bonchev–Trinajstić information content (AvgIpc) is 3.10. The second-order valence-electron chi connectivity index (χ2n) is 8.08. The monoisotopic (exact) mass is 428 g/mol. The van der Waals surface area contributed by atoms with E-state index in [1.54, 1.807) is 6.08 Å². The molecule has 1 aromatic heterocycles. The van der Waals surface area contributed by atoms with E-state index in [2.05, 4.69) is 23.5 Å². The number of carbonyl (C=O) groups excluding carboxylic acids is 1. The van der Waals surface area contributed by atoms with Gasteiger partial charge in [-0.3, -0.25) is 4.79 Å². The van der Waals surface area contributed by atoms with Crippen molar-refractivity contribution < 1.29 is 9.53 Å². The molecule has 0 fully saturated rings. The van der Waals surface area contributed by atoms with Crippen LogP contribution >= 0.6 is 0 Å². The number of rotatable bonds is 10. The number of fused-ring (bicyclic) bond motifs is 1. The molecule has 3 rings (SSSR count). The molecule has 0 saturated carbocycles. The van der Waals surface area contributed by atoms with E-state index in [4.69, 9.17) is 4.74 Å². The number of nitrogens with one attached hydrogen (secondary N) is 2. The van der Waals surface area contributed by atoms with Gasteiger partial charge in [-0.05, 0) is 62.1 Å². The quantitative estimate of drug-likeness (QED) is 0.299. The summed E-state index contributed by atoms with van der Waals surface area (Å²) in [6.45, 7) is 14.2. The predicted molar refractivity (Wildman–Crippen MR) is 133 cm³/mol. The Balaban J connectivity index is 1.71. The SMILES string of the molecule is C=CC(=C)C/C(=C\C)C(C)NC(=O)Cc1c(C)[nH]c2ccc(OCc3ccccc3)cc12. The second kappa shape index (κ2) is 10.7. The Morgan fingerprint density at radius 2 is 1.97 bits per heavy atom. The minimum atomic E-state index is -0.0699. The molecule has 0 aliphatic heterocycles. The van der Waals surface area contributed by atoms with Gasteiger partial charge in [0.15, 0.2) is 0 Å². The Bertz CT molecular complexity index is 1140. The summed E-state index contributed by atoms with van der Waals surface area (Å²) in [5.74, 6) is 0.773. The maximum absolute atomic E-state index is 12.9. The molecule has 3 aromatic rings. The zero-order valence-electron chi connectivity index (χ0n) is 19.2. The Kier molecular flexibility index (Phi) is 7.72. The molecule has 4 heteroatoms. The summed E-state index contributed by atoms with van der Waals surface area (Å²) in [6, 6.07) is 16.0. The van der Waals surface area contributed by atoms with Crippen LogP contribution in [-0.4, -0.2) is 16.9 Å². The number of H-pyrrole nitrogens is 1. The summed E-state index contributed by atoms with van der Waals surface area (Å²) in [4.78, 5) is 16.2. The Morgan fingerprint density at radius 1 is 1.22 bits per heavy atom. The van der Waals surface area contributed by atoms with Crippen molar-refractivity contribution in [1.82, 2.24) is 10.3 Å². The number of amides is 1. The van der Waals surface area contributed by atoms with Gasteiger partial charge in [-0.2, -0.15) is 0 Å². The molecule has 0 saturated heterocycles. The van der Waals surface area contributed by atoms with Crippen molar-refractivity contribution in [1.29, 1.82) is 0 Å². The molecule has 1 heterocycles. The van der Waals surface area contributed by atoms with Gasteiger partial charge in [0.05, 0.1) is 6.42 Å². The zero-order chi connectivity index (χ0) is 23.1. The molecule has 0 bridgehead atoms. The van der Waals surface area contributed by atoms with Gasteiger partial charge in [-0.25, -0.2) is 0 Å². The molecule has 0 radical (unpaired) electrons. The lowest BCUT2D eigenvalue weighted by Gasteiger charge is -2.18. The number of aryl methyl sites for hydroxylation is 1. The fourth-order valence-electron chi connectivity index (χ4n) is 3.81. The third-order valence-electron chi connectivity index (χ3n) is 5.70. The van der Waals surface area contributed by atoms with Crippen molar-refractivity contribution in [3.8, 4) is 5.75 Å². The smallest absolute Gasteiger partial charge is 0.224 e. The lowest BCUT2D eigenvalue weighted by Crippen LogP contribution is -2.35. The maximum atomic E-state index is 12.9. The van der Waals surface area contributed by atoms with Crippen LogP contribution in [-0.2, 0) is 17.8 Å². The number of hydrogen-bond donors (Lipinski definition) is 2. The van der Waals surface area contributed by atoms with E-state index < -0.39 is 0 Å². The van der Waals surface area contributed by atoms with Gasteiger partial charge < -0.3 is 15.0 Å². The van der Waals surface area contributed by atoms with Crippen molar-refractivity contribution in [2.75, 3.05) is 0 Å². The van der Waals surface area contributed by atoms with Gasteiger partial charge in [-0.15, -0.1) is 0 Å². The molecule has 1 amide bonds. The lowest BCUT2D eigenvalue weighted by atomic mass is 9.99. The number of aromatic amines is 1. The van der Waals surface area contributed by atoms with E-state index in [0.717, 1.165) is 44.6 Å². The summed E-state index contributed by atoms with van der Waals surface area (Å²) in [5, 5.41) is 4.14. The Labute approximate surface area is 190 Å². The van der Waals surface area contributed by atoms with E-state index in [-0.39, 0.29) is 11.9 Å². The van der Waals surface area contributed by atoms with Crippen molar-refractivity contribution in [2.45, 2.75) is 46.3 Å². The number of hydrogen-bond acceptors (Lipinski definition) is 2. The highest BCUT2D eigenvalue weighted by Crippen LogP contribution is 2.27. The van der Waals surface area contributed by atoms with Crippen molar-refractivity contribution in [2.24, 2.45) is 0 Å². The first-order valence-corrected chi connectivity index (χ1v) is 10.9. The summed E-state index contributed by atoms with van der Waals surface area (Å²) in [7, 11) is 0. The van der Waals surface area contributed by atoms with Crippen molar-refractivity contribution in [3.05, 3.63) is 102 Å². The average molecular weight is 429 g/mol. The number of aromatic nitrogens is 1. The normalized spacial score (nSPS) is 12.4. The summed E-state index contributed by atoms with van der Waals surface area (Å²) in [5.41, 5.74) is 6.17. The first-order valence-electron chi connectivity index (χ1n) is 10.9. The van der Waals surface area contributed by atoms with E-state index >= 15 is 0 Å². The van der Waals surface area contributed by atoms with E-state index in [9.17, 15) is 4.79 Å². The summed E-state index contributed by atoms with van der Waals surface area (Å²) in [6.07, 6.45) is 4.80. The molecular formula is C28H32N2O2. The van der Waals surface area contributed by atoms with Crippen LogP contribution in [0, 0.1) is 6.92 Å². The van der Waals surface area contributed by atoms with Crippen LogP contribution in [0.1, 0.15) is 37.1 Å². The van der Waals surface area contributed by atoms with Crippen LogP contribution in [0.2, 0.25) is 0 Å². The number of allylic oxidation sites excluding steroid dienone is 3. The third kappa shape index (κ3) is 5.79. The van der Waals surface area contributed by atoms with E-state index in [1.165, 1.54) is 0 Å². The molecule has 0 aliphatic rings. The minimum Gasteiger partial charge on any atom is -0.489 e. The molecule has 0 spiro atoms. The Morgan fingerprint density at radius 3 is 2.66 bits per heavy atom. The topological polar surface area (TPSA) is 54.1 Å². The molecular weight excluding hydrogens is 396 g/mol. The summed E-state index contributed by atoms with van der Waals surface area (Å²) < 4.78 is 5.99. The van der Waals surface area contributed by atoms with Gasteiger partial charge in [-0.1, -0.05) is 61.2 Å². The largest absolute Gasteiger partial charge is 0.489 e. The zero-order valence-corrected chi connectivity index (χ0v) is 19.2. The molecule has 4 nitrogen and oxygen atoms in total. The molecule has 2 N–H and O–H groups in total. The highest BCUT2D eigenvalue weighted by Gasteiger charge is 2.16. The van der Waals surface area contributed by atoms with Gasteiger partial charge in [0.2, 0.25) is 5.91 Å². The van der Waals surface area contributed by atoms with Gasteiger partial charge >= 0.3 is 0 Å². The molecule has 2 aromatic carbocycles. The fourth-order valence-corrected chi connectivity index (χ4v) is 3.81. The lowest BCUT2D eigenvalue weighted by molar-refractivity contribution is -0.120. The molecule has 1 unspecified atom stereocenters. The van der Waals surface area contributed by atoms with E-state index in [1.807, 2.05) is 75.4 Å². The molecule has 0 aliphatic carbocycles. The predicted octanol–water partition coefficient (Wildman–Crippen LogP) is 6.18. The standard InChI is InChI=1S/C28H32N2O2/c1-6-19(3)15-23(7-2)20(4)30-28(31)17-25-21(5)29-27-14-13-24(16-26(25)27)32-18-22-11-9-8-10-12-22/h6-14,16,20,29H,1,3,15,17-18H2,2,4-5H3,(H,30,31)/b23-7+. The third-order valence-corrected chi connectivity index (χ3v) is 5.70. The van der Waals surface area contributed by atoms with E-state index in [0.29, 0.717) is 19.4 Å². The van der Waals surface area contributed by atoms with Gasteiger partial charge in [0, 0.05) is 22.6 Å². The highest BCUT2D eigenvalue weighted by atomic mass is 16.5. The number of carbonyl (C=O) groups is 1. The number of benzene rings is 2. The van der Waals surface area contributed by atoms with Crippen LogP contribution in [0.5, 0.6) is 5.75 Å². The van der Waals surface area contributed by atoms with Crippen LogP contribution in [0.25, 0.3) is 10.9 Å². The van der Waals surface area contributed by atoms with Gasteiger partial charge in [0.25, 0.3) is 0 Å². The van der Waals surface area contributed by atoms with Gasteiger partial charge in [0.1, 0.15) is 12.4 Å². The number of ether oxygens (including phenoxy) is 1. The minimum absolute atomic E-state index is 0.0133. The first kappa shape index (κ1) is 23.1. The maximum Gasteiger partial charge on any atom is 0.224 e. The van der Waals surface area contributed by atoms with Crippen LogP contribution < -0.4 is 10.1 Å². The van der Waals surface area contributed by atoms with Crippen LogP contribution in [0.3, 0.4) is 0 Å². The summed E-state index contributed by atoms with van der Waals surface area (Å²) >= 11 is 0.